The van der Waals surface area contributed by atoms with Crippen LogP contribution in [0.1, 0.15) is 43.3 Å². The van der Waals surface area contributed by atoms with Gasteiger partial charge in [0.2, 0.25) is 0 Å². The molecule has 1 aromatic heterocycles. The van der Waals surface area contributed by atoms with Crippen LogP contribution in [0, 0.1) is 6.92 Å². The van der Waals surface area contributed by atoms with E-state index in [4.69, 9.17) is 5.11 Å². The smallest absolute Gasteiger partial charge is 0.345 e. The molecule has 0 spiro atoms. The maximum Gasteiger partial charge on any atom is 0.345 e. The summed E-state index contributed by atoms with van der Waals surface area (Å²) < 4.78 is 0. The number of hydrogen-bond donors (Lipinski definition) is 1. The first-order valence-corrected chi connectivity index (χ1v) is 8.56. The van der Waals surface area contributed by atoms with Gasteiger partial charge in [-0.2, -0.15) is 0 Å². The lowest BCUT2D eigenvalue weighted by molar-refractivity contribution is 0.0700. The second kappa shape index (κ2) is 6.54. The van der Waals surface area contributed by atoms with Crippen LogP contribution in [-0.4, -0.2) is 34.5 Å². The molecule has 4 nitrogen and oxygen atoms in total. The van der Waals surface area contributed by atoms with Gasteiger partial charge in [-0.3, -0.25) is 4.79 Å². The number of rotatable bonds is 4. The van der Waals surface area contributed by atoms with Crippen LogP contribution >= 0.6 is 11.3 Å². The summed E-state index contributed by atoms with van der Waals surface area (Å²) in [6.07, 6.45) is 2.85. The monoisotopic (exact) mass is 329 g/mol. The van der Waals surface area contributed by atoms with Gasteiger partial charge in [-0.1, -0.05) is 29.8 Å². The summed E-state index contributed by atoms with van der Waals surface area (Å²) in [4.78, 5) is 26.3. The van der Waals surface area contributed by atoms with Crippen LogP contribution in [0.4, 0.5) is 0 Å². The number of aryl methyl sites for hydroxylation is 1. The summed E-state index contributed by atoms with van der Waals surface area (Å²) in [5.41, 5.74) is 2.46. The molecule has 23 heavy (non-hydrogen) atoms. The van der Waals surface area contributed by atoms with Gasteiger partial charge in [-0.15, -0.1) is 11.3 Å². The molecular weight excluding hydrogens is 310 g/mol. The molecule has 1 N–H and O–H groups in total. The predicted octanol–water partition coefficient (Wildman–Crippen LogP) is 3.60. The first kappa shape index (κ1) is 15.7. The molecule has 0 bridgehead atoms. The average Bonchev–Trinajstić information content (AvgIpc) is 3.18. The van der Waals surface area contributed by atoms with Gasteiger partial charge in [0.25, 0.3) is 5.91 Å². The van der Waals surface area contributed by atoms with Crippen LogP contribution < -0.4 is 0 Å². The molecule has 1 atom stereocenters. The first-order chi connectivity index (χ1) is 11.0. The van der Waals surface area contributed by atoms with Gasteiger partial charge in [0.15, 0.2) is 0 Å². The molecule has 1 aliphatic rings. The fraction of sp³-hybridized carbons (Fsp3) is 0.333. The van der Waals surface area contributed by atoms with Gasteiger partial charge in [0, 0.05) is 12.6 Å². The van der Waals surface area contributed by atoms with E-state index in [1.54, 1.807) is 6.07 Å². The molecule has 0 aliphatic carbocycles. The number of nitrogens with zero attached hydrogens (tertiary/aromatic N) is 1. The van der Waals surface area contributed by atoms with Crippen molar-refractivity contribution in [1.82, 2.24) is 4.90 Å². The highest BCUT2D eigenvalue weighted by molar-refractivity contribution is 7.15. The van der Waals surface area contributed by atoms with E-state index in [0.717, 1.165) is 37.1 Å². The van der Waals surface area contributed by atoms with Gasteiger partial charge < -0.3 is 10.0 Å². The van der Waals surface area contributed by atoms with E-state index in [-0.39, 0.29) is 16.8 Å². The molecule has 1 saturated heterocycles. The van der Waals surface area contributed by atoms with Crippen LogP contribution in [0.25, 0.3) is 0 Å². The molecule has 1 aliphatic heterocycles. The number of thiophene rings is 1. The van der Waals surface area contributed by atoms with Crippen LogP contribution in [0.2, 0.25) is 0 Å². The topological polar surface area (TPSA) is 57.6 Å². The predicted molar refractivity (Wildman–Crippen MR) is 90.2 cm³/mol. The van der Waals surface area contributed by atoms with Crippen LogP contribution in [0.15, 0.2) is 36.4 Å². The summed E-state index contributed by atoms with van der Waals surface area (Å²) in [7, 11) is 0. The SMILES string of the molecule is Cc1ccc(CC2CCCN2C(=O)c2ccc(C(=O)O)s2)cc1. The zero-order valence-electron chi connectivity index (χ0n) is 13.0. The van der Waals surface area contributed by atoms with Crippen LogP contribution in [-0.2, 0) is 6.42 Å². The van der Waals surface area contributed by atoms with Gasteiger partial charge in [0.05, 0.1) is 4.88 Å². The molecule has 3 rings (SSSR count). The number of amides is 1. The van der Waals surface area contributed by atoms with E-state index >= 15 is 0 Å². The third-order valence-corrected chi connectivity index (χ3v) is 5.32. The lowest BCUT2D eigenvalue weighted by Crippen LogP contribution is -2.36. The molecule has 1 amide bonds. The minimum Gasteiger partial charge on any atom is -0.477 e. The number of benzene rings is 1. The van der Waals surface area contributed by atoms with Crippen LogP contribution in [0.5, 0.6) is 0 Å². The molecule has 5 heteroatoms. The lowest BCUT2D eigenvalue weighted by atomic mass is 10.0. The highest BCUT2D eigenvalue weighted by Gasteiger charge is 2.30. The van der Waals surface area contributed by atoms with Crippen LogP contribution in [0.3, 0.4) is 0 Å². The van der Waals surface area contributed by atoms with E-state index in [1.165, 1.54) is 17.2 Å². The first-order valence-electron chi connectivity index (χ1n) is 7.74. The molecule has 120 valence electrons. The van der Waals surface area contributed by atoms with E-state index < -0.39 is 5.97 Å². The second-order valence-electron chi connectivity index (χ2n) is 5.95. The average molecular weight is 329 g/mol. The Morgan fingerprint density at radius 2 is 1.87 bits per heavy atom. The lowest BCUT2D eigenvalue weighted by Gasteiger charge is -2.24. The molecule has 1 aromatic carbocycles. The van der Waals surface area contributed by atoms with Crippen molar-refractivity contribution in [3.63, 3.8) is 0 Å². The molecule has 0 saturated carbocycles. The number of aromatic carboxylic acids is 1. The third-order valence-electron chi connectivity index (χ3n) is 4.26. The fourth-order valence-corrected chi connectivity index (χ4v) is 3.82. The highest BCUT2D eigenvalue weighted by atomic mass is 32.1. The normalized spacial score (nSPS) is 17.4. The number of likely N-dealkylation sites (tertiary alicyclic amines) is 1. The van der Waals surface area contributed by atoms with Gasteiger partial charge in [-0.25, -0.2) is 4.79 Å². The molecule has 0 radical (unpaired) electrons. The molecule has 1 fully saturated rings. The van der Waals surface area contributed by atoms with Crippen molar-refractivity contribution in [2.75, 3.05) is 6.54 Å². The zero-order chi connectivity index (χ0) is 16.4. The number of carbonyl (C=O) groups excluding carboxylic acids is 1. The van der Waals surface area contributed by atoms with Crippen molar-refractivity contribution in [3.05, 3.63) is 57.3 Å². The molecule has 2 aromatic rings. The summed E-state index contributed by atoms with van der Waals surface area (Å²) in [5, 5.41) is 9.00. The summed E-state index contributed by atoms with van der Waals surface area (Å²) in [6, 6.07) is 11.7. The number of carboxylic acids is 1. The minimum atomic E-state index is -0.980. The summed E-state index contributed by atoms with van der Waals surface area (Å²) >= 11 is 1.06. The van der Waals surface area contributed by atoms with Gasteiger partial charge in [0.1, 0.15) is 4.88 Å². The fourth-order valence-electron chi connectivity index (χ4n) is 3.02. The van der Waals surface area contributed by atoms with Crippen molar-refractivity contribution < 1.29 is 14.7 Å². The van der Waals surface area contributed by atoms with Crippen molar-refractivity contribution in [2.24, 2.45) is 0 Å². The van der Waals surface area contributed by atoms with E-state index in [2.05, 4.69) is 31.2 Å². The summed E-state index contributed by atoms with van der Waals surface area (Å²) in [5.74, 6) is -1.02. The highest BCUT2D eigenvalue weighted by Crippen LogP contribution is 2.26. The van der Waals surface area contributed by atoms with Crippen molar-refractivity contribution in [3.8, 4) is 0 Å². The van der Waals surface area contributed by atoms with Crippen molar-refractivity contribution in [2.45, 2.75) is 32.2 Å². The van der Waals surface area contributed by atoms with E-state index in [1.807, 2.05) is 4.90 Å². The quantitative estimate of drug-likeness (QED) is 0.932. The number of carboxylic acid groups (broad SMARTS) is 1. The Bertz CT molecular complexity index is 720. The Labute approximate surface area is 139 Å². The van der Waals surface area contributed by atoms with Gasteiger partial charge >= 0.3 is 5.97 Å². The Morgan fingerprint density at radius 1 is 1.17 bits per heavy atom. The second-order valence-corrected chi connectivity index (χ2v) is 7.04. The van der Waals surface area contributed by atoms with E-state index in [9.17, 15) is 9.59 Å². The maximum absolute atomic E-state index is 12.7. The summed E-state index contributed by atoms with van der Waals surface area (Å²) in [6.45, 7) is 2.81. The Balaban J connectivity index is 1.73. The van der Waals surface area contributed by atoms with Crippen molar-refractivity contribution in [1.29, 1.82) is 0 Å². The van der Waals surface area contributed by atoms with E-state index in [0.29, 0.717) is 4.88 Å². The zero-order valence-corrected chi connectivity index (χ0v) is 13.8. The maximum atomic E-state index is 12.7. The Hall–Kier alpha value is -2.14. The Kier molecular flexibility index (Phi) is 4.48. The van der Waals surface area contributed by atoms with Gasteiger partial charge in [-0.05, 0) is 43.9 Å². The third kappa shape index (κ3) is 3.45. The minimum absolute atomic E-state index is 0.0443. The largest absolute Gasteiger partial charge is 0.477 e. The number of carbonyl (C=O) groups is 2. The Morgan fingerprint density at radius 3 is 2.52 bits per heavy atom. The molecule has 1 unspecified atom stereocenters. The van der Waals surface area contributed by atoms with Crippen molar-refractivity contribution >= 4 is 23.2 Å². The molecular formula is C18H19NO3S. The number of hydrogen-bond acceptors (Lipinski definition) is 3. The standard InChI is InChI=1S/C18H19NO3S/c1-12-4-6-13(7-5-12)11-14-3-2-10-19(14)17(20)15-8-9-16(23-15)18(21)22/h4-9,14H,2-3,10-11H2,1H3,(H,21,22). The molecule has 2 heterocycles.